The average molecular weight is 465 g/mol. The van der Waals surface area contributed by atoms with Crippen molar-refractivity contribution in [3.05, 3.63) is 93.9 Å². The first kappa shape index (κ1) is 22.0. The van der Waals surface area contributed by atoms with Gasteiger partial charge in [0.1, 0.15) is 6.61 Å². The quantitative estimate of drug-likeness (QED) is 0.422. The Labute approximate surface area is 196 Å². The van der Waals surface area contributed by atoms with Crippen LogP contribution in [0.25, 0.3) is 6.08 Å². The number of thioether (sulfide) groups is 1. The van der Waals surface area contributed by atoms with Crippen LogP contribution in [0.2, 0.25) is 5.02 Å². The number of nitrogens with zero attached hydrogens (tertiary/aromatic N) is 1. The number of aliphatic imine (C=N–C) groups is 1. The Kier molecular flexibility index (Phi) is 7.14. The van der Waals surface area contributed by atoms with Crippen LogP contribution in [0.5, 0.6) is 11.5 Å². The van der Waals surface area contributed by atoms with Gasteiger partial charge in [0, 0.05) is 5.02 Å². The van der Waals surface area contributed by atoms with Crippen molar-refractivity contribution in [2.24, 2.45) is 4.99 Å². The van der Waals surface area contributed by atoms with E-state index in [0.717, 1.165) is 11.1 Å². The van der Waals surface area contributed by atoms with Crippen molar-refractivity contribution in [1.29, 1.82) is 0 Å². The standard InChI is InChI=1S/C25H21ClN2O3S/c1-2-30-22-13-18(11-12-21(22)31-16-17-7-4-3-5-8-17)14-23-24(29)28-25(32-23)27-20-10-6-9-19(26)15-20/h3-15H,2,16H2,1H3,(H,27,28,29)/b23-14+. The van der Waals surface area contributed by atoms with E-state index < -0.39 is 0 Å². The minimum absolute atomic E-state index is 0.196. The van der Waals surface area contributed by atoms with E-state index in [0.29, 0.717) is 45.5 Å². The fraction of sp³-hybridized carbons (Fsp3) is 0.120. The van der Waals surface area contributed by atoms with Crippen LogP contribution in [0.4, 0.5) is 5.69 Å². The van der Waals surface area contributed by atoms with E-state index in [1.54, 1.807) is 12.1 Å². The topological polar surface area (TPSA) is 59.9 Å². The molecule has 0 radical (unpaired) electrons. The Morgan fingerprint density at radius 2 is 1.84 bits per heavy atom. The highest BCUT2D eigenvalue weighted by atomic mass is 35.5. The number of hydrogen-bond donors (Lipinski definition) is 1. The van der Waals surface area contributed by atoms with Gasteiger partial charge in [-0.1, -0.05) is 54.1 Å². The van der Waals surface area contributed by atoms with E-state index in [1.165, 1.54) is 11.8 Å². The van der Waals surface area contributed by atoms with Crippen molar-refractivity contribution in [3.63, 3.8) is 0 Å². The third-order valence-corrected chi connectivity index (χ3v) is 5.64. The van der Waals surface area contributed by atoms with Gasteiger partial charge in [0.05, 0.1) is 17.2 Å². The number of nitrogens with one attached hydrogen (secondary N) is 1. The average Bonchev–Trinajstić information content (AvgIpc) is 3.12. The highest BCUT2D eigenvalue weighted by Gasteiger charge is 2.24. The first-order valence-corrected chi connectivity index (χ1v) is 11.3. The molecule has 162 valence electrons. The lowest BCUT2D eigenvalue weighted by Crippen LogP contribution is -2.19. The van der Waals surface area contributed by atoms with E-state index >= 15 is 0 Å². The van der Waals surface area contributed by atoms with Gasteiger partial charge in [-0.05, 0) is 66.2 Å². The van der Waals surface area contributed by atoms with Crippen LogP contribution in [0.3, 0.4) is 0 Å². The number of carbonyl (C=O) groups is 1. The largest absolute Gasteiger partial charge is 0.490 e. The van der Waals surface area contributed by atoms with E-state index in [9.17, 15) is 4.79 Å². The van der Waals surface area contributed by atoms with Crippen molar-refractivity contribution in [2.45, 2.75) is 13.5 Å². The Morgan fingerprint density at radius 3 is 2.62 bits per heavy atom. The zero-order chi connectivity index (χ0) is 22.3. The van der Waals surface area contributed by atoms with Crippen molar-refractivity contribution in [1.82, 2.24) is 5.32 Å². The second-order valence-corrected chi connectivity index (χ2v) is 8.34. The highest BCUT2D eigenvalue weighted by molar-refractivity contribution is 8.18. The lowest BCUT2D eigenvalue weighted by Gasteiger charge is -2.13. The summed E-state index contributed by atoms with van der Waals surface area (Å²) in [6, 6.07) is 22.7. The highest BCUT2D eigenvalue weighted by Crippen LogP contribution is 2.33. The number of benzene rings is 3. The molecule has 4 rings (SSSR count). The fourth-order valence-electron chi connectivity index (χ4n) is 3.03. The number of carbonyl (C=O) groups excluding carboxylic acids is 1. The third-order valence-electron chi connectivity index (χ3n) is 4.49. The van der Waals surface area contributed by atoms with Gasteiger partial charge in [-0.25, -0.2) is 4.99 Å². The Bertz CT molecular complexity index is 1180. The van der Waals surface area contributed by atoms with Crippen LogP contribution in [0, 0.1) is 0 Å². The first-order chi connectivity index (χ1) is 15.6. The molecule has 3 aromatic carbocycles. The predicted octanol–water partition coefficient (Wildman–Crippen LogP) is 6.21. The molecule has 3 aromatic rings. The fourth-order valence-corrected chi connectivity index (χ4v) is 4.06. The molecule has 7 heteroatoms. The van der Waals surface area contributed by atoms with Gasteiger partial charge in [-0.2, -0.15) is 0 Å². The molecule has 1 N–H and O–H groups in total. The summed E-state index contributed by atoms with van der Waals surface area (Å²) in [5.41, 5.74) is 2.59. The second kappa shape index (κ2) is 10.4. The van der Waals surface area contributed by atoms with Crippen LogP contribution >= 0.6 is 23.4 Å². The zero-order valence-corrected chi connectivity index (χ0v) is 19.0. The van der Waals surface area contributed by atoms with Crippen molar-refractivity contribution >= 4 is 46.2 Å². The molecule has 0 spiro atoms. The van der Waals surface area contributed by atoms with Crippen molar-refractivity contribution in [3.8, 4) is 11.5 Å². The molecule has 0 atom stereocenters. The van der Waals surface area contributed by atoms with E-state index in [4.69, 9.17) is 21.1 Å². The van der Waals surface area contributed by atoms with Gasteiger partial charge in [-0.15, -0.1) is 0 Å². The molecule has 1 heterocycles. The molecule has 0 unspecified atom stereocenters. The maximum absolute atomic E-state index is 12.4. The van der Waals surface area contributed by atoms with Crippen molar-refractivity contribution in [2.75, 3.05) is 6.61 Å². The summed E-state index contributed by atoms with van der Waals surface area (Å²) in [4.78, 5) is 17.4. The smallest absolute Gasteiger partial charge is 0.264 e. The lowest BCUT2D eigenvalue weighted by atomic mass is 10.2. The summed E-state index contributed by atoms with van der Waals surface area (Å²) in [6.45, 7) is 2.88. The molecule has 32 heavy (non-hydrogen) atoms. The number of hydrogen-bond acceptors (Lipinski definition) is 5. The third kappa shape index (κ3) is 5.72. The normalized spacial score (nSPS) is 15.8. The number of amides is 1. The molecule has 5 nitrogen and oxygen atoms in total. The zero-order valence-electron chi connectivity index (χ0n) is 17.4. The second-order valence-electron chi connectivity index (χ2n) is 6.88. The van der Waals surface area contributed by atoms with Gasteiger partial charge in [0.25, 0.3) is 5.91 Å². The van der Waals surface area contributed by atoms with E-state index in [2.05, 4.69) is 10.3 Å². The lowest BCUT2D eigenvalue weighted by molar-refractivity contribution is -0.115. The molecule has 1 aliphatic heterocycles. The minimum atomic E-state index is -0.196. The van der Waals surface area contributed by atoms with Gasteiger partial charge < -0.3 is 14.8 Å². The Hall–Kier alpha value is -3.22. The molecule has 0 bridgehead atoms. The monoisotopic (exact) mass is 464 g/mol. The van der Waals surface area contributed by atoms with Gasteiger partial charge in [0.15, 0.2) is 16.7 Å². The van der Waals surface area contributed by atoms with E-state index in [-0.39, 0.29) is 5.91 Å². The van der Waals surface area contributed by atoms with Crippen LogP contribution in [-0.2, 0) is 11.4 Å². The van der Waals surface area contributed by atoms with E-state index in [1.807, 2.05) is 73.7 Å². The molecular formula is C25H21ClN2O3S. The van der Waals surface area contributed by atoms with Gasteiger partial charge >= 0.3 is 0 Å². The van der Waals surface area contributed by atoms with Crippen LogP contribution in [0.15, 0.2) is 82.7 Å². The Morgan fingerprint density at radius 1 is 1.00 bits per heavy atom. The maximum atomic E-state index is 12.4. The molecule has 1 fully saturated rings. The molecule has 0 saturated carbocycles. The summed E-state index contributed by atoms with van der Waals surface area (Å²) >= 11 is 7.29. The molecule has 1 amide bonds. The Balaban J connectivity index is 1.51. The molecule has 0 aromatic heterocycles. The first-order valence-electron chi connectivity index (χ1n) is 10.1. The molecule has 1 saturated heterocycles. The van der Waals surface area contributed by atoms with Crippen LogP contribution in [0.1, 0.15) is 18.1 Å². The summed E-state index contributed by atoms with van der Waals surface area (Å²) in [7, 11) is 0. The number of rotatable bonds is 7. The number of halogens is 1. The van der Waals surface area contributed by atoms with Crippen molar-refractivity contribution < 1.29 is 14.3 Å². The summed E-state index contributed by atoms with van der Waals surface area (Å²) in [5, 5.41) is 3.89. The predicted molar refractivity (Wildman–Crippen MR) is 131 cm³/mol. The minimum Gasteiger partial charge on any atom is -0.490 e. The summed E-state index contributed by atoms with van der Waals surface area (Å²) in [5.74, 6) is 1.09. The van der Waals surface area contributed by atoms with Crippen LogP contribution < -0.4 is 14.8 Å². The summed E-state index contributed by atoms with van der Waals surface area (Å²) < 4.78 is 11.7. The molecule has 0 aliphatic carbocycles. The molecule has 1 aliphatic rings. The SMILES string of the molecule is CCOc1cc(/C=C2/SC(=Nc3cccc(Cl)c3)NC2=O)ccc1OCc1ccccc1. The number of ether oxygens (including phenoxy) is 2. The van der Waals surface area contributed by atoms with Gasteiger partial charge in [0.2, 0.25) is 0 Å². The van der Waals surface area contributed by atoms with Crippen LogP contribution in [-0.4, -0.2) is 17.7 Å². The number of amidine groups is 1. The summed E-state index contributed by atoms with van der Waals surface area (Å²) in [6.07, 6.45) is 1.81. The van der Waals surface area contributed by atoms with Gasteiger partial charge in [-0.3, -0.25) is 4.79 Å². The maximum Gasteiger partial charge on any atom is 0.264 e. The molecular weight excluding hydrogens is 444 g/mol.